The van der Waals surface area contributed by atoms with Crippen LogP contribution < -0.4 is 10.2 Å². The lowest BCUT2D eigenvalue weighted by atomic mass is 10.1. The van der Waals surface area contributed by atoms with E-state index in [0.29, 0.717) is 36.0 Å². The van der Waals surface area contributed by atoms with Crippen LogP contribution in [0.5, 0.6) is 0 Å². The number of hydrogen-bond acceptors (Lipinski definition) is 4. The molecule has 0 spiro atoms. The molecule has 0 aliphatic carbocycles. The fraction of sp³-hybridized carbons (Fsp3) is 0.467. The Morgan fingerprint density at radius 2 is 2.29 bits per heavy atom. The van der Waals surface area contributed by atoms with Crippen LogP contribution in [0.1, 0.15) is 24.2 Å². The van der Waals surface area contributed by atoms with Gasteiger partial charge >= 0.3 is 0 Å². The lowest BCUT2D eigenvalue weighted by Crippen LogP contribution is -2.55. The molecule has 6 heteroatoms. The van der Waals surface area contributed by atoms with E-state index in [4.69, 9.17) is 16.3 Å². The summed E-state index contributed by atoms with van der Waals surface area (Å²) in [4.78, 5) is 25.5. The number of ether oxygens (including phenoxy) is 1. The van der Waals surface area contributed by atoms with Crippen molar-refractivity contribution in [1.82, 2.24) is 5.32 Å². The van der Waals surface area contributed by atoms with Crippen molar-refractivity contribution >= 4 is 29.5 Å². The molecule has 1 fully saturated rings. The molecule has 114 valence electrons. The molecule has 1 unspecified atom stereocenters. The highest BCUT2D eigenvalue weighted by Crippen LogP contribution is 2.28. The molecule has 1 heterocycles. The van der Waals surface area contributed by atoms with Gasteiger partial charge in [0.15, 0.2) is 6.29 Å². The molecule has 2 rings (SSSR count). The molecule has 1 atom stereocenters. The molecule has 1 aliphatic rings. The number of benzene rings is 1. The largest absolute Gasteiger partial charge is 0.377 e. The van der Waals surface area contributed by atoms with Crippen LogP contribution >= 0.6 is 11.6 Å². The predicted octanol–water partition coefficient (Wildman–Crippen LogP) is 1.88. The summed E-state index contributed by atoms with van der Waals surface area (Å²) in [5.74, 6) is -0.110. The van der Waals surface area contributed by atoms with Gasteiger partial charge in [-0.1, -0.05) is 17.7 Å². The highest BCUT2D eigenvalue weighted by atomic mass is 35.5. The maximum Gasteiger partial charge on any atom is 0.245 e. The lowest BCUT2D eigenvalue weighted by Gasteiger charge is -2.37. The lowest BCUT2D eigenvalue weighted by molar-refractivity contribution is -0.125. The number of carbonyl (C=O) groups excluding carboxylic acids is 2. The SMILES string of the molecule is CC(C)NC(=O)C1COCCN1c1cccc(Cl)c1C=O. The van der Waals surface area contributed by atoms with Crippen molar-refractivity contribution in [2.24, 2.45) is 0 Å². The molecule has 1 N–H and O–H groups in total. The third kappa shape index (κ3) is 3.54. The van der Waals surface area contributed by atoms with E-state index in [1.54, 1.807) is 18.2 Å². The Balaban J connectivity index is 2.33. The molecule has 0 saturated carbocycles. The summed E-state index contributed by atoms with van der Waals surface area (Å²) >= 11 is 6.07. The summed E-state index contributed by atoms with van der Waals surface area (Å²) in [6.07, 6.45) is 0.727. The molecule has 0 aromatic heterocycles. The highest BCUT2D eigenvalue weighted by Gasteiger charge is 2.31. The van der Waals surface area contributed by atoms with Crippen molar-refractivity contribution in [2.45, 2.75) is 25.9 Å². The van der Waals surface area contributed by atoms with E-state index in [-0.39, 0.29) is 11.9 Å². The van der Waals surface area contributed by atoms with Crippen LogP contribution in [0, 0.1) is 0 Å². The van der Waals surface area contributed by atoms with Gasteiger partial charge in [-0.25, -0.2) is 0 Å². The smallest absolute Gasteiger partial charge is 0.245 e. The molecular weight excluding hydrogens is 292 g/mol. The van der Waals surface area contributed by atoms with Gasteiger partial charge < -0.3 is 15.0 Å². The Morgan fingerprint density at radius 3 is 2.95 bits per heavy atom. The van der Waals surface area contributed by atoms with Crippen molar-refractivity contribution in [3.8, 4) is 0 Å². The molecule has 0 bridgehead atoms. The first kappa shape index (κ1) is 15.8. The van der Waals surface area contributed by atoms with E-state index in [1.165, 1.54) is 0 Å². The predicted molar refractivity (Wildman–Crippen MR) is 82.1 cm³/mol. The number of rotatable bonds is 4. The number of aldehydes is 1. The highest BCUT2D eigenvalue weighted by molar-refractivity contribution is 6.33. The molecule has 1 aromatic carbocycles. The van der Waals surface area contributed by atoms with Crippen LogP contribution in [-0.2, 0) is 9.53 Å². The monoisotopic (exact) mass is 310 g/mol. The summed E-state index contributed by atoms with van der Waals surface area (Å²) < 4.78 is 5.42. The van der Waals surface area contributed by atoms with Crippen molar-refractivity contribution in [3.63, 3.8) is 0 Å². The van der Waals surface area contributed by atoms with E-state index in [9.17, 15) is 9.59 Å². The fourth-order valence-electron chi connectivity index (χ4n) is 2.38. The number of nitrogens with zero attached hydrogens (tertiary/aromatic N) is 1. The second-order valence-corrected chi connectivity index (χ2v) is 5.65. The van der Waals surface area contributed by atoms with Crippen LogP contribution in [0.4, 0.5) is 5.69 Å². The Hall–Kier alpha value is -1.59. The Labute approximate surface area is 129 Å². The van der Waals surface area contributed by atoms with Gasteiger partial charge in [0.1, 0.15) is 6.04 Å². The first-order valence-electron chi connectivity index (χ1n) is 6.93. The van der Waals surface area contributed by atoms with Gasteiger partial charge in [-0.15, -0.1) is 0 Å². The average molecular weight is 311 g/mol. The number of hydrogen-bond donors (Lipinski definition) is 1. The number of amides is 1. The van der Waals surface area contributed by atoms with Gasteiger partial charge in [-0.3, -0.25) is 9.59 Å². The van der Waals surface area contributed by atoms with Gasteiger partial charge in [0.2, 0.25) is 5.91 Å². The molecular formula is C15H19ClN2O3. The molecule has 21 heavy (non-hydrogen) atoms. The van der Waals surface area contributed by atoms with E-state index in [2.05, 4.69) is 5.32 Å². The zero-order valence-electron chi connectivity index (χ0n) is 12.1. The average Bonchev–Trinajstić information content (AvgIpc) is 2.46. The summed E-state index contributed by atoms with van der Waals surface area (Å²) in [5.41, 5.74) is 1.08. The quantitative estimate of drug-likeness (QED) is 0.863. The molecule has 0 radical (unpaired) electrons. The molecule has 1 amide bonds. The number of nitrogens with one attached hydrogen (secondary N) is 1. The number of anilines is 1. The van der Waals surface area contributed by atoms with Gasteiger partial charge in [-0.2, -0.15) is 0 Å². The second-order valence-electron chi connectivity index (χ2n) is 5.24. The van der Waals surface area contributed by atoms with Crippen molar-refractivity contribution < 1.29 is 14.3 Å². The van der Waals surface area contributed by atoms with E-state index in [1.807, 2.05) is 18.7 Å². The maximum absolute atomic E-state index is 12.3. The summed E-state index contributed by atoms with van der Waals surface area (Å²) in [5, 5.41) is 3.27. The maximum atomic E-state index is 12.3. The molecule has 5 nitrogen and oxygen atoms in total. The third-order valence-electron chi connectivity index (χ3n) is 3.32. The zero-order valence-corrected chi connectivity index (χ0v) is 12.9. The summed E-state index contributed by atoms with van der Waals surface area (Å²) in [7, 11) is 0. The summed E-state index contributed by atoms with van der Waals surface area (Å²) in [6, 6.07) is 4.83. The van der Waals surface area contributed by atoms with Gasteiger partial charge in [0, 0.05) is 18.3 Å². The fourth-order valence-corrected chi connectivity index (χ4v) is 2.60. The van der Waals surface area contributed by atoms with Crippen molar-refractivity contribution in [1.29, 1.82) is 0 Å². The number of carbonyl (C=O) groups is 2. The molecule has 1 saturated heterocycles. The zero-order chi connectivity index (χ0) is 15.4. The van der Waals surface area contributed by atoms with Crippen molar-refractivity contribution in [2.75, 3.05) is 24.7 Å². The number of morpholine rings is 1. The van der Waals surface area contributed by atoms with E-state index in [0.717, 1.165) is 6.29 Å². The van der Waals surface area contributed by atoms with Crippen LogP contribution in [0.15, 0.2) is 18.2 Å². The van der Waals surface area contributed by atoms with Crippen LogP contribution in [-0.4, -0.2) is 44.0 Å². The Morgan fingerprint density at radius 1 is 1.52 bits per heavy atom. The van der Waals surface area contributed by atoms with E-state index >= 15 is 0 Å². The second kappa shape index (κ2) is 6.91. The molecule has 1 aliphatic heterocycles. The first-order chi connectivity index (χ1) is 10.0. The topological polar surface area (TPSA) is 58.6 Å². The molecule has 1 aromatic rings. The van der Waals surface area contributed by atoms with Crippen LogP contribution in [0.25, 0.3) is 0 Å². The van der Waals surface area contributed by atoms with E-state index < -0.39 is 6.04 Å². The van der Waals surface area contributed by atoms with Gasteiger partial charge in [-0.05, 0) is 26.0 Å². The Bertz CT molecular complexity index is 534. The Kier molecular flexibility index (Phi) is 5.20. The van der Waals surface area contributed by atoms with Crippen LogP contribution in [0.3, 0.4) is 0 Å². The van der Waals surface area contributed by atoms with Crippen molar-refractivity contribution in [3.05, 3.63) is 28.8 Å². The normalized spacial score (nSPS) is 18.7. The minimum absolute atomic E-state index is 0.0474. The van der Waals surface area contributed by atoms with Crippen LogP contribution in [0.2, 0.25) is 5.02 Å². The third-order valence-corrected chi connectivity index (χ3v) is 3.65. The first-order valence-corrected chi connectivity index (χ1v) is 7.31. The standard InChI is InChI=1S/C15H19ClN2O3/c1-10(2)17-15(20)14-9-21-7-6-18(14)13-5-3-4-12(16)11(13)8-19/h3-5,8,10,14H,6-7,9H2,1-2H3,(H,17,20). The minimum Gasteiger partial charge on any atom is -0.377 e. The minimum atomic E-state index is -0.460. The van der Waals surface area contributed by atoms with Gasteiger partial charge in [0.25, 0.3) is 0 Å². The summed E-state index contributed by atoms with van der Waals surface area (Å²) in [6.45, 7) is 5.15. The van der Waals surface area contributed by atoms with Gasteiger partial charge in [0.05, 0.1) is 23.8 Å². The number of halogens is 1.